The normalized spacial score (nSPS) is 11.3. The van der Waals surface area contributed by atoms with Crippen LogP contribution < -0.4 is 10.1 Å². The lowest BCUT2D eigenvalue weighted by atomic mass is 10.0. The average Bonchev–Trinajstić information content (AvgIpc) is 2.43. The Kier molecular flexibility index (Phi) is 5.85. The summed E-state index contributed by atoms with van der Waals surface area (Å²) < 4.78 is 5.56. The highest BCUT2D eigenvalue weighted by Crippen LogP contribution is 2.16. The molecular weight excluding hydrogens is 230 g/mol. The largest absolute Gasteiger partial charge is 0.489 e. The van der Waals surface area contributed by atoms with Gasteiger partial charge in [-0.25, -0.2) is 0 Å². The Labute approximate surface area is 108 Å². The lowest BCUT2D eigenvalue weighted by Gasteiger charge is -2.23. The first kappa shape index (κ1) is 14.7. The van der Waals surface area contributed by atoms with Gasteiger partial charge in [0.2, 0.25) is 0 Å². The molecule has 0 aliphatic carbocycles. The van der Waals surface area contributed by atoms with Crippen molar-refractivity contribution in [1.82, 2.24) is 0 Å². The molecule has 1 rings (SSSR count). The van der Waals surface area contributed by atoms with Gasteiger partial charge in [0.05, 0.1) is 13.2 Å². The van der Waals surface area contributed by atoms with Crippen molar-refractivity contribution in [2.24, 2.45) is 0 Å². The summed E-state index contributed by atoms with van der Waals surface area (Å²) >= 11 is 0. The van der Waals surface area contributed by atoms with Crippen molar-refractivity contribution < 1.29 is 20.3 Å². The van der Waals surface area contributed by atoms with Crippen LogP contribution in [0, 0.1) is 0 Å². The molecule has 0 aliphatic heterocycles. The van der Waals surface area contributed by atoms with Gasteiger partial charge >= 0.3 is 0 Å². The van der Waals surface area contributed by atoms with E-state index in [1.807, 2.05) is 36.5 Å². The van der Waals surface area contributed by atoms with Gasteiger partial charge in [-0.15, -0.1) is 0 Å². The van der Waals surface area contributed by atoms with Gasteiger partial charge < -0.3 is 20.3 Å². The number of aliphatic hydroxyl groups excluding tert-OH is 2. The fourth-order valence-corrected chi connectivity index (χ4v) is 1.50. The van der Waals surface area contributed by atoms with E-state index in [1.54, 1.807) is 6.08 Å². The van der Waals surface area contributed by atoms with Crippen LogP contribution in [0.1, 0.15) is 12.5 Å². The van der Waals surface area contributed by atoms with Crippen LogP contribution in [0.4, 0.5) is 0 Å². The third kappa shape index (κ3) is 4.14. The van der Waals surface area contributed by atoms with Gasteiger partial charge in [0, 0.05) is 5.56 Å². The maximum atomic E-state index is 9.24. The van der Waals surface area contributed by atoms with E-state index in [-0.39, 0.29) is 13.2 Å². The molecule has 0 radical (unpaired) electrons. The Morgan fingerprint density at radius 3 is 2.61 bits per heavy atom. The van der Waals surface area contributed by atoms with Gasteiger partial charge in [0.25, 0.3) is 0 Å². The summed E-state index contributed by atoms with van der Waals surface area (Å²) in [6.45, 7) is 6.41. The molecule has 0 unspecified atom stereocenters. The quantitative estimate of drug-likeness (QED) is 0.573. The summed E-state index contributed by atoms with van der Waals surface area (Å²) in [7, 11) is 0. The van der Waals surface area contributed by atoms with Crippen molar-refractivity contribution in [3.05, 3.63) is 42.5 Å². The van der Waals surface area contributed by atoms with E-state index in [9.17, 15) is 10.2 Å². The number of quaternary nitrogens is 1. The minimum absolute atomic E-state index is 0.0703. The monoisotopic (exact) mass is 252 g/mol. The van der Waals surface area contributed by atoms with E-state index < -0.39 is 5.54 Å². The Bertz CT molecular complexity index is 375. The Morgan fingerprint density at radius 2 is 2.00 bits per heavy atom. The number of nitrogens with two attached hydrogens (primary N) is 1. The van der Waals surface area contributed by atoms with E-state index in [0.29, 0.717) is 13.2 Å². The molecule has 0 atom stereocenters. The summed E-state index contributed by atoms with van der Waals surface area (Å²) in [5, 5.41) is 20.4. The molecule has 0 spiro atoms. The molecule has 0 amide bonds. The van der Waals surface area contributed by atoms with Gasteiger partial charge in [-0.05, 0) is 19.1 Å². The molecule has 4 nitrogen and oxygen atoms in total. The second kappa shape index (κ2) is 7.16. The SMILES string of the molecule is C=CCOc1ccccc1C[NH2+]C(C)(CO)CO. The third-order valence-corrected chi connectivity index (χ3v) is 2.87. The summed E-state index contributed by atoms with van der Waals surface area (Å²) in [4.78, 5) is 0. The van der Waals surface area contributed by atoms with Crippen LogP contribution in [0.2, 0.25) is 0 Å². The summed E-state index contributed by atoms with van der Waals surface area (Å²) in [5.41, 5.74) is 0.471. The molecule has 0 saturated carbocycles. The molecule has 1 aromatic rings. The van der Waals surface area contributed by atoms with Gasteiger partial charge in [-0.2, -0.15) is 0 Å². The zero-order valence-electron chi connectivity index (χ0n) is 10.8. The highest BCUT2D eigenvalue weighted by Gasteiger charge is 2.26. The Morgan fingerprint density at radius 1 is 1.33 bits per heavy atom. The van der Waals surface area contributed by atoms with E-state index in [4.69, 9.17) is 4.74 Å². The van der Waals surface area contributed by atoms with Crippen LogP contribution in [0.5, 0.6) is 5.75 Å². The van der Waals surface area contributed by atoms with E-state index in [0.717, 1.165) is 11.3 Å². The highest BCUT2D eigenvalue weighted by atomic mass is 16.5. The van der Waals surface area contributed by atoms with Gasteiger partial charge in [0.15, 0.2) is 0 Å². The van der Waals surface area contributed by atoms with Crippen molar-refractivity contribution in [3.8, 4) is 5.75 Å². The lowest BCUT2D eigenvalue weighted by molar-refractivity contribution is -0.741. The summed E-state index contributed by atoms with van der Waals surface area (Å²) in [6, 6.07) is 7.74. The first-order valence-electron chi connectivity index (χ1n) is 6.03. The number of rotatable bonds is 8. The van der Waals surface area contributed by atoms with E-state index in [2.05, 4.69) is 6.58 Å². The predicted octanol–water partition coefficient (Wildman–Crippen LogP) is 0.0581. The maximum Gasteiger partial charge on any atom is 0.140 e. The summed E-state index contributed by atoms with van der Waals surface area (Å²) in [5.74, 6) is 0.812. The number of aliphatic hydroxyl groups is 2. The van der Waals surface area contributed by atoms with Crippen LogP contribution in [0.15, 0.2) is 36.9 Å². The van der Waals surface area contributed by atoms with Gasteiger partial charge in [-0.1, -0.05) is 24.8 Å². The van der Waals surface area contributed by atoms with Crippen molar-refractivity contribution >= 4 is 0 Å². The molecule has 1 aromatic carbocycles. The number of hydrogen-bond acceptors (Lipinski definition) is 3. The second-order valence-corrected chi connectivity index (χ2v) is 4.59. The topological polar surface area (TPSA) is 66.3 Å². The molecule has 0 aromatic heterocycles. The molecule has 0 aliphatic rings. The molecular formula is C14H22NO3+. The molecule has 4 N–H and O–H groups in total. The van der Waals surface area contributed by atoms with Crippen molar-refractivity contribution in [2.45, 2.75) is 19.0 Å². The average molecular weight is 252 g/mol. The van der Waals surface area contributed by atoms with Crippen LogP contribution >= 0.6 is 0 Å². The van der Waals surface area contributed by atoms with Crippen LogP contribution in [0.3, 0.4) is 0 Å². The smallest absolute Gasteiger partial charge is 0.140 e. The van der Waals surface area contributed by atoms with Crippen molar-refractivity contribution in [2.75, 3.05) is 19.8 Å². The second-order valence-electron chi connectivity index (χ2n) is 4.59. The Balaban J connectivity index is 2.68. The van der Waals surface area contributed by atoms with Crippen molar-refractivity contribution in [1.29, 1.82) is 0 Å². The van der Waals surface area contributed by atoms with E-state index >= 15 is 0 Å². The van der Waals surface area contributed by atoms with Crippen molar-refractivity contribution in [3.63, 3.8) is 0 Å². The zero-order valence-corrected chi connectivity index (χ0v) is 10.8. The van der Waals surface area contributed by atoms with Crippen LogP contribution in [-0.4, -0.2) is 35.6 Å². The minimum atomic E-state index is -0.564. The molecule has 0 bridgehead atoms. The molecule has 0 heterocycles. The zero-order chi connectivity index (χ0) is 13.4. The number of hydrogen-bond donors (Lipinski definition) is 3. The molecule has 0 fully saturated rings. The fraction of sp³-hybridized carbons (Fsp3) is 0.429. The standard InChI is InChI=1S/C14H21NO3/c1-3-8-18-13-7-5-4-6-12(13)9-15-14(2,10-16)11-17/h3-7,15-17H,1,8-11H2,2H3/p+1. The van der Waals surface area contributed by atoms with E-state index in [1.165, 1.54) is 0 Å². The van der Waals surface area contributed by atoms with Gasteiger partial charge in [-0.3, -0.25) is 0 Å². The summed E-state index contributed by atoms with van der Waals surface area (Å²) in [6.07, 6.45) is 1.70. The molecule has 4 heteroatoms. The van der Waals surface area contributed by atoms with Gasteiger partial charge in [0.1, 0.15) is 24.4 Å². The molecule has 100 valence electrons. The van der Waals surface area contributed by atoms with Crippen LogP contribution in [0.25, 0.3) is 0 Å². The maximum absolute atomic E-state index is 9.24. The van der Waals surface area contributed by atoms with Crippen LogP contribution in [-0.2, 0) is 6.54 Å². The first-order valence-corrected chi connectivity index (χ1v) is 6.03. The predicted molar refractivity (Wildman–Crippen MR) is 70.3 cm³/mol. The number of benzene rings is 1. The number of para-hydroxylation sites is 1. The first-order chi connectivity index (χ1) is 8.65. The lowest BCUT2D eigenvalue weighted by Crippen LogP contribution is -2.97. The third-order valence-electron chi connectivity index (χ3n) is 2.87. The molecule has 18 heavy (non-hydrogen) atoms. The number of ether oxygens (including phenoxy) is 1. The fourth-order valence-electron chi connectivity index (χ4n) is 1.50. The minimum Gasteiger partial charge on any atom is -0.489 e. The highest BCUT2D eigenvalue weighted by molar-refractivity contribution is 5.32. The Hall–Kier alpha value is -1.36. The molecule has 0 saturated heterocycles.